The topological polar surface area (TPSA) is 25.2 Å². The molecule has 0 radical (unpaired) electrons. The zero-order valence-electron chi connectivity index (χ0n) is 6.94. The lowest BCUT2D eigenvalue weighted by Crippen LogP contribution is -1.68. The molecule has 0 aliphatic heterocycles. The molecule has 0 aliphatic carbocycles. The number of fused-ring (bicyclic) bond motifs is 1. The van der Waals surface area contributed by atoms with E-state index in [0.717, 1.165) is 16.2 Å². The van der Waals surface area contributed by atoms with Crippen molar-refractivity contribution < 1.29 is 0 Å². The molecule has 1 aromatic carbocycles. The van der Waals surface area contributed by atoms with Gasteiger partial charge in [0.2, 0.25) is 0 Å². The van der Waals surface area contributed by atoms with Crippen LogP contribution in [0.15, 0.2) is 23.2 Å². The van der Waals surface area contributed by atoms with Gasteiger partial charge in [0.05, 0.1) is 26.1 Å². The molecule has 2 rings (SSSR count). The Morgan fingerprint density at radius 1 is 1.54 bits per heavy atom. The maximum absolute atomic E-state index is 4.53. The van der Waals surface area contributed by atoms with E-state index in [4.69, 9.17) is 0 Å². The molecule has 13 heavy (non-hydrogen) atoms. The van der Waals surface area contributed by atoms with E-state index in [-0.39, 0.29) is 0 Å². The Kier molecular flexibility index (Phi) is 2.19. The van der Waals surface area contributed by atoms with Gasteiger partial charge in [0, 0.05) is 0 Å². The Bertz CT molecular complexity index is 495. The number of isothiocyanates is 1. The highest BCUT2D eigenvalue weighted by Gasteiger charge is 1.99. The summed E-state index contributed by atoms with van der Waals surface area (Å²) >= 11 is 6.21. The molecule has 2 nitrogen and oxygen atoms in total. The molecule has 0 atom stereocenters. The van der Waals surface area contributed by atoms with Gasteiger partial charge < -0.3 is 0 Å². The van der Waals surface area contributed by atoms with Gasteiger partial charge >= 0.3 is 0 Å². The van der Waals surface area contributed by atoms with Crippen molar-refractivity contribution in [1.82, 2.24) is 4.98 Å². The van der Waals surface area contributed by atoms with Crippen molar-refractivity contribution in [2.75, 3.05) is 0 Å². The molecular weight excluding hydrogens is 200 g/mol. The van der Waals surface area contributed by atoms with Gasteiger partial charge in [-0.1, -0.05) is 0 Å². The monoisotopic (exact) mass is 206 g/mol. The Morgan fingerprint density at radius 2 is 2.38 bits per heavy atom. The van der Waals surface area contributed by atoms with Crippen LogP contribution in [0, 0.1) is 6.92 Å². The molecule has 1 heterocycles. The summed E-state index contributed by atoms with van der Waals surface area (Å²) in [6, 6.07) is 5.84. The first-order chi connectivity index (χ1) is 6.29. The Balaban J connectivity index is 2.67. The molecule has 2 aromatic rings. The van der Waals surface area contributed by atoms with E-state index in [2.05, 4.69) is 27.4 Å². The summed E-state index contributed by atoms with van der Waals surface area (Å²) in [7, 11) is 0. The molecular formula is C9H6N2S2. The van der Waals surface area contributed by atoms with Crippen LogP contribution in [0.2, 0.25) is 0 Å². The quantitative estimate of drug-likeness (QED) is 0.528. The molecule has 0 aliphatic rings. The van der Waals surface area contributed by atoms with Crippen molar-refractivity contribution in [2.24, 2.45) is 4.99 Å². The highest BCUT2D eigenvalue weighted by molar-refractivity contribution is 7.78. The highest BCUT2D eigenvalue weighted by atomic mass is 32.1. The second kappa shape index (κ2) is 3.34. The lowest BCUT2D eigenvalue weighted by molar-refractivity contribution is 1.34. The molecule has 64 valence electrons. The number of aromatic nitrogens is 1. The van der Waals surface area contributed by atoms with Gasteiger partial charge in [-0.25, -0.2) is 4.98 Å². The fourth-order valence-corrected chi connectivity index (χ4v) is 2.07. The molecule has 0 amide bonds. The van der Waals surface area contributed by atoms with Crippen LogP contribution in [0.4, 0.5) is 5.69 Å². The van der Waals surface area contributed by atoms with Crippen LogP contribution in [-0.2, 0) is 0 Å². The van der Waals surface area contributed by atoms with Crippen LogP contribution in [-0.4, -0.2) is 10.1 Å². The lowest BCUT2D eigenvalue weighted by atomic mass is 10.3. The van der Waals surface area contributed by atoms with Crippen molar-refractivity contribution in [3.63, 3.8) is 0 Å². The number of thiazole rings is 1. The summed E-state index contributed by atoms with van der Waals surface area (Å²) in [4.78, 5) is 8.25. The largest absolute Gasteiger partial charge is 0.241 e. The van der Waals surface area contributed by atoms with Gasteiger partial charge in [-0.3, -0.25) is 0 Å². The van der Waals surface area contributed by atoms with E-state index in [1.54, 1.807) is 11.3 Å². The molecule has 4 heteroatoms. The summed E-state index contributed by atoms with van der Waals surface area (Å²) in [6.07, 6.45) is 0. The highest BCUT2D eigenvalue weighted by Crippen LogP contribution is 2.25. The predicted molar refractivity (Wildman–Crippen MR) is 59.0 cm³/mol. The third kappa shape index (κ3) is 1.65. The maximum atomic E-state index is 4.53. The molecule has 1 aromatic heterocycles. The molecule has 0 N–H and O–H groups in total. The minimum absolute atomic E-state index is 0.813. The summed E-state index contributed by atoms with van der Waals surface area (Å²) in [6.45, 7) is 1.99. The molecule has 0 fully saturated rings. The van der Waals surface area contributed by atoms with Crippen LogP contribution in [0.3, 0.4) is 0 Å². The number of thiocarbonyl (C=S) groups is 1. The number of nitrogens with zero attached hydrogens (tertiary/aromatic N) is 2. The van der Waals surface area contributed by atoms with E-state index < -0.39 is 0 Å². The summed E-state index contributed by atoms with van der Waals surface area (Å²) < 4.78 is 1.18. The zero-order valence-corrected chi connectivity index (χ0v) is 8.58. The number of aryl methyl sites for hydroxylation is 1. The zero-order chi connectivity index (χ0) is 9.26. The van der Waals surface area contributed by atoms with Gasteiger partial charge in [-0.15, -0.1) is 11.3 Å². The summed E-state index contributed by atoms with van der Waals surface area (Å²) in [5.41, 5.74) is 1.79. The van der Waals surface area contributed by atoms with Crippen molar-refractivity contribution in [3.05, 3.63) is 23.2 Å². The first-order valence-corrected chi connectivity index (χ1v) is 4.97. The minimum Gasteiger partial charge on any atom is -0.241 e. The number of rotatable bonds is 1. The van der Waals surface area contributed by atoms with E-state index >= 15 is 0 Å². The van der Waals surface area contributed by atoms with Crippen molar-refractivity contribution >= 4 is 44.6 Å². The Morgan fingerprint density at radius 3 is 3.15 bits per heavy atom. The average Bonchev–Trinajstić information content (AvgIpc) is 2.44. The van der Waals surface area contributed by atoms with Gasteiger partial charge in [-0.2, -0.15) is 4.99 Å². The first kappa shape index (κ1) is 8.51. The van der Waals surface area contributed by atoms with Crippen molar-refractivity contribution in [1.29, 1.82) is 0 Å². The minimum atomic E-state index is 0.813. The third-order valence-electron chi connectivity index (χ3n) is 1.65. The van der Waals surface area contributed by atoms with Gasteiger partial charge in [0.15, 0.2) is 0 Å². The summed E-state index contributed by atoms with van der Waals surface area (Å²) in [5, 5.41) is 3.41. The molecule has 0 unspecified atom stereocenters. The molecule has 0 saturated heterocycles. The second-order valence-electron chi connectivity index (χ2n) is 2.59. The molecule has 0 saturated carbocycles. The lowest BCUT2D eigenvalue weighted by Gasteiger charge is -1.89. The fourth-order valence-electron chi connectivity index (χ4n) is 1.15. The van der Waals surface area contributed by atoms with Crippen LogP contribution >= 0.6 is 23.6 Å². The normalized spacial score (nSPS) is 9.92. The number of benzene rings is 1. The van der Waals surface area contributed by atoms with Crippen LogP contribution < -0.4 is 0 Å². The Hall–Kier alpha value is -1.09. The number of hydrogen-bond donors (Lipinski definition) is 0. The van der Waals surface area contributed by atoms with Crippen molar-refractivity contribution in [2.45, 2.75) is 6.92 Å². The Labute approximate surface area is 85.0 Å². The third-order valence-corrected chi connectivity index (χ3v) is 2.70. The smallest absolute Gasteiger partial charge is 0.0907 e. The molecule has 0 bridgehead atoms. The van der Waals surface area contributed by atoms with E-state index in [1.807, 2.05) is 25.1 Å². The van der Waals surface area contributed by atoms with Gasteiger partial charge in [-0.05, 0) is 37.3 Å². The molecule has 0 spiro atoms. The maximum Gasteiger partial charge on any atom is 0.0907 e. The SMILES string of the molecule is Cc1nc2cc(N=C=S)ccc2s1. The number of aliphatic imine (C=N–C) groups is 1. The van der Waals surface area contributed by atoms with E-state index in [0.29, 0.717) is 0 Å². The second-order valence-corrected chi connectivity index (χ2v) is 4.01. The standard InChI is InChI=1S/C9H6N2S2/c1-6-11-8-4-7(10-5-12)2-3-9(8)13-6/h2-4H,1H3. The van der Waals surface area contributed by atoms with Gasteiger partial charge in [0.1, 0.15) is 0 Å². The van der Waals surface area contributed by atoms with Crippen molar-refractivity contribution in [3.8, 4) is 0 Å². The van der Waals surface area contributed by atoms with Crippen LogP contribution in [0.25, 0.3) is 10.2 Å². The van der Waals surface area contributed by atoms with Gasteiger partial charge in [0.25, 0.3) is 0 Å². The predicted octanol–water partition coefficient (Wildman–Crippen LogP) is 3.34. The van der Waals surface area contributed by atoms with Crippen LogP contribution in [0.5, 0.6) is 0 Å². The average molecular weight is 206 g/mol. The summed E-state index contributed by atoms with van der Waals surface area (Å²) in [5.74, 6) is 0. The number of hydrogen-bond acceptors (Lipinski definition) is 4. The van der Waals surface area contributed by atoms with Crippen LogP contribution in [0.1, 0.15) is 5.01 Å². The first-order valence-electron chi connectivity index (χ1n) is 3.74. The fraction of sp³-hybridized carbons (Fsp3) is 0.111. The van der Waals surface area contributed by atoms with E-state index in [1.165, 1.54) is 4.70 Å². The van der Waals surface area contributed by atoms with E-state index in [9.17, 15) is 0 Å².